The minimum atomic E-state index is -0.148. The van der Waals surface area contributed by atoms with E-state index in [1.54, 1.807) is 25.4 Å². The van der Waals surface area contributed by atoms with E-state index in [4.69, 9.17) is 9.26 Å². The van der Waals surface area contributed by atoms with Crippen LogP contribution in [0.1, 0.15) is 0 Å². The summed E-state index contributed by atoms with van der Waals surface area (Å²) in [5.74, 6) is 1.28. The number of aromatic nitrogens is 3. The molecule has 118 valence electrons. The molecule has 0 aliphatic rings. The minimum Gasteiger partial charge on any atom is -0.497 e. The Morgan fingerprint density at radius 3 is 2.88 bits per heavy atom. The molecule has 4 rings (SSSR count). The molecule has 0 radical (unpaired) electrons. The SMILES string of the molecule is COc1cccc(-c2noc(-c3c[nH]c4ccccc4c3=O)n2)c1. The number of H-pyrrole nitrogens is 1. The molecule has 0 spiro atoms. The van der Waals surface area contributed by atoms with Crippen LogP contribution in [0.25, 0.3) is 33.7 Å². The fourth-order valence-electron chi connectivity index (χ4n) is 2.54. The Balaban J connectivity index is 1.80. The van der Waals surface area contributed by atoms with Gasteiger partial charge < -0.3 is 14.2 Å². The average molecular weight is 319 g/mol. The number of aromatic amines is 1. The fraction of sp³-hybridized carbons (Fsp3) is 0.0556. The summed E-state index contributed by atoms with van der Waals surface area (Å²) >= 11 is 0. The average Bonchev–Trinajstić information content (AvgIpc) is 3.12. The van der Waals surface area contributed by atoms with Crippen molar-refractivity contribution in [1.82, 2.24) is 15.1 Å². The number of methoxy groups -OCH3 is 1. The summed E-state index contributed by atoms with van der Waals surface area (Å²) in [6.07, 6.45) is 1.59. The number of ether oxygens (including phenoxy) is 1. The van der Waals surface area contributed by atoms with E-state index in [0.29, 0.717) is 22.5 Å². The number of hydrogen-bond donors (Lipinski definition) is 1. The van der Waals surface area contributed by atoms with E-state index in [1.165, 1.54) is 0 Å². The molecule has 0 unspecified atom stereocenters. The monoisotopic (exact) mass is 319 g/mol. The highest BCUT2D eigenvalue weighted by atomic mass is 16.5. The van der Waals surface area contributed by atoms with Crippen LogP contribution in [-0.4, -0.2) is 22.2 Å². The first-order valence-electron chi connectivity index (χ1n) is 7.35. The third-order valence-electron chi connectivity index (χ3n) is 3.77. The smallest absolute Gasteiger partial charge is 0.263 e. The van der Waals surface area contributed by atoms with E-state index in [2.05, 4.69) is 15.1 Å². The minimum absolute atomic E-state index is 0.148. The lowest BCUT2D eigenvalue weighted by atomic mass is 10.1. The van der Waals surface area contributed by atoms with E-state index in [-0.39, 0.29) is 11.3 Å². The van der Waals surface area contributed by atoms with Gasteiger partial charge >= 0.3 is 0 Å². The lowest BCUT2D eigenvalue weighted by Crippen LogP contribution is -2.06. The molecule has 0 atom stereocenters. The standard InChI is InChI=1S/C18H13N3O3/c1-23-12-6-4-5-11(9-12)17-20-18(24-21-17)14-10-19-15-8-3-2-7-13(15)16(14)22/h2-10H,1H3,(H,19,22). The van der Waals surface area contributed by atoms with E-state index in [9.17, 15) is 4.79 Å². The number of benzene rings is 2. The van der Waals surface area contributed by atoms with Crippen LogP contribution in [0.3, 0.4) is 0 Å². The summed E-state index contributed by atoms with van der Waals surface area (Å²) in [5, 5.41) is 4.54. The van der Waals surface area contributed by atoms with E-state index in [0.717, 1.165) is 11.1 Å². The second-order valence-electron chi connectivity index (χ2n) is 5.23. The Labute approximate surface area is 136 Å². The fourth-order valence-corrected chi connectivity index (χ4v) is 2.54. The number of nitrogens with zero attached hydrogens (tertiary/aromatic N) is 2. The molecule has 24 heavy (non-hydrogen) atoms. The van der Waals surface area contributed by atoms with Gasteiger partial charge in [-0.15, -0.1) is 0 Å². The molecule has 0 aliphatic carbocycles. The molecule has 6 heteroatoms. The quantitative estimate of drug-likeness (QED) is 0.627. The molecule has 0 saturated heterocycles. The molecule has 2 aromatic carbocycles. The largest absolute Gasteiger partial charge is 0.497 e. The highest BCUT2D eigenvalue weighted by Gasteiger charge is 2.15. The van der Waals surface area contributed by atoms with E-state index < -0.39 is 0 Å². The Hall–Kier alpha value is -3.41. The summed E-state index contributed by atoms with van der Waals surface area (Å²) in [6, 6.07) is 14.6. The van der Waals surface area contributed by atoms with Crippen molar-refractivity contribution in [2.75, 3.05) is 7.11 Å². The highest BCUT2D eigenvalue weighted by molar-refractivity contribution is 5.82. The van der Waals surface area contributed by atoms with Crippen molar-refractivity contribution < 1.29 is 9.26 Å². The predicted octanol–water partition coefficient (Wildman–Crippen LogP) is 3.25. The molecule has 2 aromatic heterocycles. The predicted molar refractivity (Wildman–Crippen MR) is 89.8 cm³/mol. The van der Waals surface area contributed by atoms with Gasteiger partial charge in [-0.3, -0.25) is 4.79 Å². The van der Waals surface area contributed by atoms with Crippen LogP contribution >= 0.6 is 0 Å². The van der Waals surface area contributed by atoms with Crippen LogP contribution in [0.4, 0.5) is 0 Å². The van der Waals surface area contributed by atoms with Crippen molar-refractivity contribution in [2.45, 2.75) is 0 Å². The van der Waals surface area contributed by atoms with Crippen molar-refractivity contribution in [3.63, 3.8) is 0 Å². The Morgan fingerprint density at radius 2 is 2.00 bits per heavy atom. The van der Waals surface area contributed by atoms with Crippen LogP contribution in [0.15, 0.2) is 64.0 Å². The van der Waals surface area contributed by atoms with Gasteiger partial charge in [0.2, 0.25) is 11.3 Å². The number of nitrogens with one attached hydrogen (secondary N) is 1. The molecular formula is C18H13N3O3. The van der Waals surface area contributed by atoms with E-state index >= 15 is 0 Å². The third-order valence-corrected chi connectivity index (χ3v) is 3.77. The normalized spacial score (nSPS) is 10.9. The van der Waals surface area contributed by atoms with Gasteiger partial charge in [-0.25, -0.2) is 0 Å². The first-order chi connectivity index (χ1) is 11.8. The molecular weight excluding hydrogens is 306 g/mol. The van der Waals surface area contributed by atoms with Gasteiger partial charge in [0.05, 0.1) is 7.11 Å². The van der Waals surface area contributed by atoms with Crippen molar-refractivity contribution >= 4 is 10.9 Å². The Bertz CT molecular complexity index is 1080. The van der Waals surface area contributed by atoms with Crippen molar-refractivity contribution in [3.05, 3.63) is 65.0 Å². The molecule has 0 fully saturated rings. The third kappa shape index (κ3) is 2.34. The topological polar surface area (TPSA) is 81.0 Å². The van der Waals surface area contributed by atoms with Crippen LogP contribution in [0.2, 0.25) is 0 Å². The Morgan fingerprint density at radius 1 is 1.12 bits per heavy atom. The molecule has 0 amide bonds. The molecule has 2 heterocycles. The number of para-hydroxylation sites is 1. The zero-order valence-electron chi connectivity index (χ0n) is 12.8. The Kier molecular flexibility index (Phi) is 3.35. The van der Waals surface area contributed by atoms with E-state index in [1.807, 2.05) is 36.4 Å². The number of hydrogen-bond acceptors (Lipinski definition) is 5. The van der Waals surface area contributed by atoms with Gasteiger partial charge in [0, 0.05) is 22.7 Å². The maximum Gasteiger partial charge on any atom is 0.263 e. The maximum atomic E-state index is 12.6. The summed E-state index contributed by atoms with van der Waals surface area (Å²) in [4.78, 5) is 20.0. The lowest BCUT2D eigenvalue weighted by Gasteiger charge is -2.00. The van der Waals surface area contributed by atoms with Crippen molar-refractivity contribution in [3.8, 4) is 28.6 Å². The zero-order chi connectivity index (χ0) is 16.5. The second kappa shape index (κ2) is 5.66. The molecule has 0 bridgehead atoms. The van der Waals surface area contributed by atoms with Crippen LogP contribution < -0.4 is 10.2 Å². The van der Waals surface area contributed by atoms with Gasteiger partial charge in [-0.05, 0) is 24.3 Å². The molecule has 1 N–H and O–H groups in total. The molecule has 4 aromatic rings. The van der Waals surface area contributed by atoms with Gasteiger partial charge in [0.1, 0.15) is 11.3 Å². The maximum absolute atomic E-state index is 12.6. The van der Waals surface area contributed by atoms with Crippen molar-refractivity contribution in [1.29, 1.82) is 0 Å². The summed E-state index contributed by atoms with van der Waals surface area (Å²) in [7, 11) is 1.59. The summed E-state index contributed by atoms with van der Waals surface area (Å²) in [6.45, 7) is 0. The van der Waals surface area contributed by atoms with Gasteiger partial charge in [0.15, 0.2) is 0 Å². The summed E-state index contributed by atoms with van der Waals surface area (Å²) in [5.41, 5.74) is 1.71. The number of rotatable bonds is 3. The first kappa shape index (κ1) is 14.2. The first-order valence-corrected chi connectivity index (χ1v) is 7.35. The molecule has 6 nitrogen and oxygen atoms in total. The second-order valence-corrected chi connectivity index (χ2v) is 5.23. The molecule has 0 aliphatic heterocycles. The van der Waals surface area contributed by atoms with Crippen LogP contribution in [0.5, 0.6) is 5.75 Å². The zero-order valence-corrected chi connectivity index (χ0v) is 12.8. The van der Waals surface area contributed by atoms with Gasteiger partial charge in [0.25, 0.3) is 5.89 Å². The van der Waals surface area contributed by atoms with Gasteiger partial charge in [-0.2, -0.15) is 4.98 Å². The van der Waals surface area contributed by atoms with Gasteiger partial charge in [-0.1, -0.05) is 29.4 Å². The number of pyridine rings is 1. The van der Waals surface area contributed by atoms with Crippen LogP contribution in [-0.2, 0) is 0 Å². The van der Waals surface area contributed by atoms with Crippen LogP contribution in [0, 0.1) is 0 Å². The highest BCUT2D eigenvalue weighted by Crippen LogP contribution is 2.24. The summed E-state index contributed by atoms with van der Waals surface area (Å²) < 4.78 is 10.5. The molecule has 0 saturated carbocycles. The lowest BCUT2D eigenvalue weighted by molar-refractivity contribution is 0.414. The number of fused-ring (bicyclic) bond motifs is 1. The van der Waals surface area contributed by atoms with Crippen molar-refractivity contribution in [2.24, 2.45) is 0 Å².